The fourth-order valence-electron chi connectivity index (χ4n) is 5.82. The van der Waals surface area contributed by atoms with Crippen molar-refractivity contribution in [1.29, 1.82) is 0 Å². The van der Waals surface area contributed by atoms with Gasteiger partial charge >= 0.3 is 0 Å². The molecule has 280 valence electrons. The molecule has 0 saturated heterocycles. The van der Waals surface area contributed by atoms with Crippen molar-refractivity contribution >= 4 is 34.3 Å². The van der Waals surface area contributed by atoms with Crippen LogP contribution in [-0.4, -0.2) is 93.2 Å². The Balaban J connectivity index is 0.926. The van der Waals surface area contributed by atoms with E-state index in [0.29, 0.717) is 63.0 Å². The number of ether oxygens (including phenoxy) is 3. The number of hydrogen-bond donors (Lipinski definition) is 3. The highest BCUT2D eigenvalue weighted by Gasteiger charge is 2.28. The molecule has 1 amide bonds. The number of ketones is 2. The van der Waals surface area contributed by atoms with E-state index in [0.717, 1.165) is 22.2 Å². The van der Waals surface area contributed by atoms with Gasteiger partial charge in [0.05, 0.1) is 36.9 Å². The first-order chi connectivity index (χ1) is 25.7. The van der Waals surface area contributed by atoms with Crippen LogP contribution in [0.4, 0.5) is 0 Å². The van der Waals surface area contributed by atoms with Gasteiger partial charge in [-0.2, -0.15) is 0 Å². The molecule has 5 aromatic rings. The first-order valence-corrected chi connectivity index (χ1v) is 18.0. The summed E-state index contributed by atoms with van der Waals surface area (Å²) in [5.41, 5.74) is 9.86. The van der Waals surface area contributed by atoms with E-state index in [1.54, 1.807) is 24.4 Å². The summed E-state index contributed by atoms with van der Waals surface area (Å²) in [6, 6.07) is 20.8. The van der Waals surface area contributed by atoms with Crippen LogP contribution < -0.4 is 15.8 Å². The Labute approximate surface area is 308 Å². The highest BCUT2D eigenvalue weighted by molar-refractivity contribution is 5.96. The van der Waals surface area contributed by atoms with Crippen molar-refractivity contribution < 1.29 is 33.7 Å². The Morgan fingerprint density at radius 2 is 1.60 bits per heavy atom. The van der Waals surface area contributed by atoms with Crippen LogP contribution in [0.25, 0.3) is 16.8 Å². The number of nitrogens with zero attached hydrogens (tertiary/aromatic N) is 4. The molecule has 3 atom stereocenters. The third-order valence-corrected chi connectivity index (χ3v) is 8.59. The number of imidazole rings is 1. The van der Waals surface area contributed by atoms with Gasteiger partial charge < -0.3 is 30.4 Å². The molecule has 13 heteroatoms. The summed E-state index contributed by atoms with van der Waals surface area (Å²) < 4.78 is 18.7. The van der Waals surface area contributed by atoms with Gasteiger partial charge in [-0.1, -0.05) is 62.4 Å². The molecule has 0 fully saturated rings. The average molecular weight is 725 g/mol. The van der Waals surface area contributed by atoms with Crippen LogP contribution in [0, 0.1) is 5.92 Å². The Morgan fingerprint density at radius 1 is 0.868 bits per heavy atom. The van der Waals surface area contributed by atoms with E-state index in [1.807, 2.05) is 79.0 Å². The second-order valence-corrected chi connectivity index (χ2v) is 13.3. The number of hydrogen-bond acceptors (Lipinski definition) is 11. The molecular weight excluding hydrogens is 676 g/mol. The van der Waals surface area contributed by atoms with E-state index < -0.39 is 24.1 Å². The Morgan fingerprint density at radius 3 is 2.36 bits per heavy atom. The lowest BCUT2D eigenvalue weighted by Crippen LogP contribution is -2.52. The van der Waals surface area contributed by atoms with Crippen molar-refractivity contribution in [2.75, 3.05) is 33.0 Å². The number of carbonyl (C=O) groups excluding carboxylic acids is 3. The second-order valence-electron chi connectivity index (χ2n) is 13.3. The molecule has 0 radical (unpaired) electrons. The molecular formula is C40H48N6O7. The minimum Gasteiger partial charge on any atom is -0.475 e. The predicted octanol–water partition coefficient (Wildman–Crippen LogP) is 3.93. The van der Waals surface area contributed by atoms with E-state index in [1.165, 1.54) is 0 Å². The molecule has 0 aliphatic rings. The highest BCUT2D eigenvalue weighted by Crippen LogP contribution is 2.17. The number of pyridine rings is 1. The highest BCUT2D eigenvalue weighted by atomic mass is 16.5. The SMILES string of the molecule is CC(C)C[C@H](NC(=O)[C@@H](O)[C@H](N)Cc1ccccc1)C(=O)CCCOCCOCCOc1ccc(CC(=O)c2ccn3c(n2)nc2ccccc23)cn1. The Bertz CT molecular complexity index is 1930. The van der Waals surface area contributed by atoms with Crippen molar-refractivity contribution in [3.05, 3.63) is 102 Å². The van der Waals surface area contributed by atoms with Crippen LogP contribution in [0.2, 0.25) is 0 Å². The van der Waals surface area contributed by atoms with Crippen LogP contribution in [0.5, 0.6) is 5.88 Å². The van der Waals surface area contributed by atoms with E-state index >= 15 is 0 Å². The summed E-state index contributed by atoms with van der Waals surface area (Å²) in [6.45, 7) is 5.64. The normalized spacial score (nSPS) is 13.2. The number of aliphatic hydroxyl groups excluding tert-OH is 1. The zero-order valence-corrected chi connectivity index (χ0v) is 30.2. The van der Waals surface area contributed by atoms with Gasteiger partial charge in [-0.3, -0.25) is 18.8 Å². The summed E-state index contributed by atoms with van der Waals surface area (Å²) in [7, 11) is 0. The summed E-state index contributed by atoms with van der Waals surface area (Å²) in [4.78, 5) is 51.9. The van der Waals surface area contributed by atoms with Gasteiger partial charge in [0, 0.05) is 44.0 Å². The topological polar surface area (TPSA) is 180 Å². The van der Waals surface area contributed by atoms with Gasteiger partial charge in [0.25, 0.3) is 5.91 Å². The number of nitrogens with one attached hydrogen (secondary N) is 1. The van der Waals surface area contributed by atoms with Gasteiger partial charge in [-0.25, -0.2) is 15.0 Å². The number of aliphatic hydroxyl groups is 1. The van der Waals surface area contributed by atoms with E-state index in [-0.39, 0.29) is 36.9 Å². The van der Waals surface area contributed by atoms with Gasteiger partial charge in [-0.05, 0) is 54.5 Å². The lowest BCUT2D eigenvalue weighted by atomic mass is 9.96. The number of Topliss-reactive ketones (excluding diaryl/α,β-unsaturated/α-hetero) is 2. The summed E-state index contributed by atoms with van der Waals surface area (Å²) in [6.07, 6.45) is 3.66. The first kappa shape index (κ1) is 39.1. The van der Waals surface area contributed by atoms with Crippen LogP contribution in [-0.2, 0) is 31.9 Å². The lowest BCUT2D eigenvalue weighted by Gasteiger charge is -2.24. The van der Waals surface area contributed by atoms with Crippen molar-refractivity contribution in [1.82, 2.24) is 24.7 Å². The van der Waals surface area contributed by atoms with Crippen LogP contribution in [0.15, 0.2) is 85.2 Å². The largest absolute Gasteiger partial charge is 0.475 e. The number of fused-ring (bicyclic) bond motifs is 3. The Kier molecular flexibility index (Phi) is 14.5. The molecule has 0 spiro atoms. The molecule has 3 aromatic heterocycles. The minimum atomic E-state index is -1.43. The number of aromatic nitrogens is 4. The molecule has 3 heterocycles. The molecule has 53 heavy (non-hydrogen) atoms. The van der Waals surface area contributed by atoms with Gasteiger partial charge in [0.1, 0.15) is 18.4 Å². The monoisotopic (exact) mass is 724 g/mol. The number of nitrogens with two attached hydrogens (primary N) is 1. The van der Waals surface area contributed by atoms with E-state index in [4.69, 9.17) is 19.9 Å². The third kappa shape index (κ3) is 11.7. The number of para-hydroxylation sites is 2. The quantitative estimate of drug-likeness (QED) is 0.0696. The molecule has 13 nitrogen and oxygen atoms in total. The maximum atomic E-state index is 13.0. The van der Waals surface area contributed by atoms with Gasteiger partial charge in [0.15, 0.2) is 11.6 Å². The molecule has 0 aliphatic heterocycles. The standard InChI is InChI=1S/C40H48N6O7/c1-27(2)23-33(43-39(50)38(49)30(41)24-28-9-4-3-5-10-28)35(47)13-8-18-51-19-20-52-21-22-53-37-15-14-29(26-42-37)25-36(48)32-16-17-46-34-12-7-6-11-31(34)44-40(46)45-32/h3-7,9-12,14-17,26-27,30,33,38,49H,8,13,18-25,41H2,1-2H3,(H,43,50)/t30-,33+,38+/m1/s1. The molecule has 0 unspecified atom stereocenters. The zero-order valence-electron chi connectivity index (χ0n) is 30.2. The summed E-state index contributed by atoms with van der Waals surface area (Å²) >= 11 is 0. The minimum absolute atomic E-state index is 0.112. The Hall–Kier alpha value is -5.08. The number of benzene rings is 2. The smallest absolute Gasteiger partial charge is 0.251 e. The van der Waals surface area contributed by atoms with Crippen LogP contribution in [0.3, 0.4) is 0 Å². The second kappa shape index (κ2) is 19.7. The predicted molar refractivity (Wildman–Crippen MR) is 200 cm³/mol. The van der Waals surface area contributed by atoms with Gasteiger partial charge in [-0.15, -0.1) is 0 Å². The van der Waals surface area contributed by atoms with Crippen molar-refractivity contribution in [2.45, 2.75) is 64.1 Å². The number of amides is 1. The third-order valence-electron chi connectivity index (χ3n) is 8.59. The molecule has 4 N–H and O–H groups in total. The molecule has 5 rings (SSSR count). The maximum Gasteiger partial charge on any atom is 0.251 e. The summed E-state index contributed by atoms with van der Waals surface area (Å²) in [5, 5.41) is 13.2. The average Bonchev–Trinajstić information content (AvgIpc) is 3.53. The lowest BCUT2D eigenvalue weighted by molar-refractivity contribution is -0.134. The molecule has 0 bridgehead atoms. The molecule has 0 saturated carbocycles. The fourth-order valence-corrected chi connectivity index (χ4v) is 5.82. The number of rotatable bonds is 22. The molecule has 2 aromatic carbocycles. The zero-order chi connectivity index (χ0) is 37.6. The number of carbonyl (C=O) groups is 3. The van der Waals surface area contributed by atoms with E-state index in [2.05, 4.69) is 20.3 Å². The van der Waals surface area contributed by atoms with Crippen molar-refractivity contribution in [2.24, 2.45) is 11.7 Å². The summed E-state index contributed by atoms with van der Waals surface area (Å²) in [5.74, 6) is 0.182. The fraction of sp³-hybridized carbons (Fsp3) is 0.400. The maximum absolute atomic E-state index is 13.0. The molecule has 0 aliphatic carbocycles. The van der Waals surface area contributed by atoms with Gasteiger partial charge in [0.2, 0.25) is 11.7 Å². The van der Waals surface area contributed by atoms with Crippen molar-refractivity contribution in [3.63, 3.8) is 0 Å². The van der Waals surface area contributed by atoms with Crippen LogP contribution >= 0.6 is 0 Å². The first-order valence-electron chi connectivity index (χ1n) is 18.0. The van der Waals surface area contributed by atoms with Crippen molar-refractivity contribution in [3.8, 4) is 5.88 Å². The van der Waals surface area contributed by atoms with Crippen LogP contribution in [0.1, 0.15) is 54.7 Å². The van der Waals surface area contributed by atoms with E-state index in [9.17, 15) is 19.5 Å².